The summed E-state index contributed by atoms with van der Waals surface area (Å²) in [7, 11) is 0. The molecule has 0 radical (unpaired) electrons. The van der Waals surface area contributed by atoms with Crippen LogP contribution in [0.1, 0.15) is 19.6 Å². The number of carbonyl (C=O) groups excluding carboxylic acids is 1. The Morgan fingerprint density at radius 2 is 2.08 bits per heavy atom. The average molecular weight is 392 g/mol. The Morgan fingerprint density at radius 3 is 2.69 bits per heavy atom. The molecule has 26 heavy (non-hydrogen) atoms. The number of aromatic nitrogens is 4. The van der Waals surface area contributed by atoms with Gasteiger partial charge in [-0.15, -0.1) is 10.2 Å². The second kappa shape index (κ2) is 7.92. The second-order valence-electron chi connectivity index (χ2n) is 5.63. The number of amides is 1. The van der Waals surface area contributed by atoms with Crippen molar-refractivity contribution in [2.75, 3.05) is 5.32 Å². The quantitative estimate of drug-likeness (QED) is 0.638. The summed E-state index contributed by atoms with van der Waals surface area (Å²) in [5.41, 5.74) is 0.922. The number of halogens is 1. The number of nitrogens with one attached hydrogen (secondary N) is 1. The monoisotopic (exact) mass is 391 g/mol. The van der Waals surface area contributed by atoms with E-state index in [0.717, 1.165) is 11.4 Å². The standard InChI is InChI=1S/C17H18ClN5O2S/c1-4-23-15(12-5-7-13(18)8-6-12)20-21-17(23)26-11(3)16(24)19-14-9-10(2)25-22-14/h5-9,11H,4H2,1-3H3,(H,19,22,24)/t11-/m0/s1. The van der Waals surface area contributed by atoms with Gasteiger partial charge in [0.1, 0.15) is 5.76 Å². The molecule has 0 fully saturated rings. The smallest absolute Gasteiger partial charge is 0.238 e. The SMILES string of the molecule is CCn1c(S[C@@H](C)C(=O)Nc2cc(C)on2)nnc1-c1ccc(Cl)cc1. The van der Waals surface area contributed by atoms with Crippen LogP contribution in [-0.2, 0) is 11.3 Å². The first kappa shape index (κ1) is 18.5. The Morgan fingerprint density at radius 1 is 1.35 bits per heavy atom. The number of rotatable bonds is 6. The Labute approximate surface area is 160 Å². The number of carbonyl (C=O) groups is 1. The van der Waals surface area contributed by atoms with E-state index >= 15 is 0 Å². The van der Waals surface area contributed by atoms with Crippen LogP contribution in [0.3, 0.4) is 0 Å². The lowest BCUT2D eigenvalue weighted by molar-refractivity contribution is -0.115. The van der Waals surface area contributed by atoms with Crippen molar-refractivity contribution in [2.24, 2.45) is 0 Å². The minimum Gasteiger partial charge on any atom is -0.360 e. The molecular weight excluding hydrogens is 374 g/mol. The zero-order valence-electron chi connectivity index (χ0n) is 14.6. The van der Waals surface area contributed by atoms with E-state index in [4.69, 9.17) is 16.1 Å². The molecule has 2 aromatic heterocycles. The summed E-state index contributed by atoms with van der Waals surface area (Å²) in [5, 5.41) is 16.0. The molecule has 3 aromatic rings. The van der Waals surface area contributed by atoms with Gasteiger partial charge in [0.15, 0.2) is 16.8 Å². The third-order valence-electron chi connectivity index (χ3n) is 3.67. The molecule has 0 spiro atoms. The van der Waals surface area contributed by atoms with E-state index in [1.807, 2.05) is 42.7 Å². The fourth-order valence-electron chi connectivity index (χ4n) is 2.34. The van der Waals surface area contributed by atoms with E-state index in [-0.39, 0.29) is 11.2 Å². The summed E-state index contributed by atoms with van der Waals surface area (Å²) < 4.78 is 6.92. The lowest BCUT2D eigenvalue weighted by Gasteiger charge is -2.11. The number of hydrogen-bond donors (Lipinski definition) is 1. The third kappa shape index (κ3) is 4.08. The molecule has 136 valence electrons. The Kier molecular flexibility index (Phi) is 5.63. The maximum Gasteiger partial charge on any atom is 0.238 e. The van der Waals surface area contributed by atoms with Crippen LogP contribution < -0.4 is 5.32 Å². The predicted octanol–water partition coefficient (Wildman–Crippen LogP) is 4.03. The minimum absolute atomic E-state index is 0.179. The van der Waals surface area contributed by atoms with Crippen LogP contribution in [0.4, 0.5) is 5.82 Å². The lowest BCUT2D eigenvalue weighted by atomic mass is 10.2. The predicted molar refractivity (Wildman–Crippen MR) is 101 cm³/mol. The average Bonchev–Trinajstić information content (AvgIpc) is 3.21. The highest BCUT2D eigenvalue weighted by atomic mass is 35.5. The molecule has 0 saturated carbocycles. The minimum atomic E-state index is -0.375. The molecule has 0 saturated heterocycles. The highest BCUT2D eigenvalue weighted by Gasteiger charge is 2.21. The molecule has 1 atom stereocenters. The molecule has 0 aliphatic heterocycles. The van der Waals surface area contributed by atoms with Gasteiger partial charge in [0.2, 0.25) is 5.91 Å². The highest BCUT2D eigenvalue weighted by molar-refractivity contribution is 8.00. The van der Waals surface area contributed by atoms with Crippen molar-refractivity contribution < 1.29 is 9.32 Å². The summed E-state index contributed by atoms with van der Waals surface area (Å²) >= 11 is 7.29. The normalized spacial score (nSPS) is 12.2. The summed E-state index contributed by atoms with van der Waals surface area (Å²) in [6.07, 6.45) is 0. The fourth-order valence-corrected chi connectivity index (χ4v) is 3.38. The number of aryl methyl sites for hydroxylation is 1. The lowest BCUT2D eigenvalue weighted by Crippen LogP contribution is -2.23. The van der Waals surface area contributed by atoms with E-state index in [0.29, 0.717) is 28.3 Å². The molecule has 1 aromatic carbocycles. The van der Waals surface area contributed by atoms with Crippen molar-refractivity contribution in [3.8, 4) is 11.4 Å². The van der Waals surface area contributed by atoms with Gasteiger partial charge in [0, 0.05) is 23.2 Å². The molecule has 7 nitrogen and oxygen atoms in total. The van der Waals surface area contributed by atoms with E-state index in [9.17, 15) is 4.79 Å². The van der Waals surface area contributed by atoms with Gasteiger partial charge in [-0.1, -0.05) is 28.5 Å². The topological polar surface area (TPSA) is 85.8 Å². The third-order valence-corrected chi connectivity index (χ3v) is 5.00. The van der Waals surface area contributed by atoms with Crippen LogP contribution in [0.15, 0.2) is 40.0 Å². The van der Waals surface area contributed by atoms with Crippen LogP contribution in [0.25, 0.3) is 11.4 Å². The van der Waals surface area contributed by atoms with Crippen molar-refractivity contribution in [1.82, 2.24) is 19.9 Å². The van der Waals surface area contributed by atoms with Crippen LogP contribution in [0, 0.1) is 6.92 Å². The molecule has 0 bridgehead atoms. The van der Waals surface area contributed by atoms with Crippen molar-refractivity contribution in [3.63, 3.8) is 0 Å². The van der Waals surface area contributed by atoms with Gasteiger partial charge >= 0.3 is 0 Å². The summed E-state index contributed by atoms with van der Waals surface area (Å²) in [5.74, 6) is 1.60. The first-order valence-corrected chi connectivity index (χ1v) is 9.33. The van der Waals surface area contributed by atoms with Crippen LogP contribution >= 0.6 is 23.4 Å². The van der Waals surface area contributed by atoms with Gasteiger partial charge in [-0.3, -0.25) is 4.79 Å². The van der Waals surface area contributed by atoms with Gasteiger partial charge in [-0.25, -0.2) is 0 Å². The van der Waals surface area contributed by atoms with Crippen molar-refractivity contribution in [3.05, 3.63) is 41.1 Å². The van der Waals surface area contributed by atoms with Gasteiger partial charge in [0.05, 0.1) is 5.25 Å². The zero-order valence-corrected chi connectivity index (χ0v) is 16.1. The molecule has 0 aliphatic rings. The molecule has 2 heterocycles. The van der Waals surface area contributed by atoms with Crippen LogP contribution in [0.2, 0.25) is 5.02 Å². The van der Waals surface area contributed by atoms with Gasteiger partial charge in [-0.2, -0.15) is 0 Å². The van der Waals surface area contributed by atoms with Crippen LogP contribution in [0.5, 0.6) is 0 Å². The van der Waals surface area contributed by atoms with E-state index in [1.54, 1.807) is 13.0 Å². The number of nitrogens with zero attached hydrogens (tertiary/aromatic N) is 4. The Balaban J connectivity index is 1.75. The van der Waals surface area contributed by atoms with Gasteiger partial charge in [0.25, 0.3) is 0 Å². The van der Waals surface area contributed by atoms with Gasteiger partial charge in [-0.05, 0) is 45.0 Å². The zero-order chi connectivity index (χ0) is 18.7. The van der Waals surface area contributed by atoms with E-state index in [2.05, 4.69) is 20.7 Å². The number of anilines is 1. The molecule has 1 N–H and O–H groups in total. The fraction of sp³-hybridized carbons (Fsp3) is 0.294. The molecule has 3 rings (SSSR count). The van der Waals surface area contributed by atoms with E-state index in [1.165, 1.54) is 11.8 Å². The molecule has 0 unspecified atom stereocenters. The number of hydrogen-bond acceptors (Lipinski definition) is 6. The maximum atomic E-state index is 12.4. The largest absolute Gasteiger partial charge is 0.360 e. The maximum absolute atomic E-state index is 12.4. The van der Waals surface area contributed by atoms with Crippen LogP contribution in [-0.4, -0.2) is 31.1 Å². The summed E-state index contributed by atoms with van der Waals surface area (Å²) in [6, 6.07) is 9.09. The number of thioether (sulfide) groups is 1. The molecule has 0 aliphatic carbocycles. The van der Waals surface area contributed by atoms with E-state index < -0.39 is 0 Å². The highest BCUT2D eigenvalue weighted by Crippen LogP contribution is 2.28. The molecule has 9 heteroatoms. The number of benzene rings is 1. The first-order chi connectivity index (χ1) is 12.5. The Bertz CT molecular complexity index is 906. The summed E-state index contributed by atoms with van der Waals surface area (Å²) in [4.78, 5) is 12.4. The van der Waals surface area contributed by atoms with Crippen molar-refractivity contribution >= 4 is 35.1 Å². The van der Waals surface area contributed by atoms with Crippen molar-refractivity contribution in [2.45, 2.75) is 37.7 Å². The van der Waals surface area contributed by atoms with Crippen molar-refractivity contribution in [1.29, 1.82) is 0 Å². The molecular formula is C17H18ClN5O2S. The second-order valence-corrected chi connectivity index (χ2v) is 7.37. The summed E-state index contributed by atoms with van der Waals surface area (Å²) in [6.45, 7) is 6.27. The molecule has 1 amide bonds. The van der Waals surface area contributed by atoms with Gasteiger partial charge < -0.3 is 14.4 Å². The first-order valence-electron chi connectivity index (χ1n) is 8.08. The Hall–Kier alpha value is -2.32.